The molecule has 2 rings (SSSR count). The molecule has 0 aliphatic carbocycles. The molecule has 0 aromatic heterocycles. The minimum absolute atomic E-state index is 0.249. The number of amides is 1. The normalized spacial score (nSPS) is 12.4. The lowest BCUT2D eigenvalue weighted by Crippen LogP contribution is -2.25. The molecule has 0 aliphatic heterocycles. The Balaban J connectivity index is 2.00. The van der Waals surface area contributed by atoms with Gasteiger partial charge in [0.15, 0.2) is 0 Å². The predicted molar refractivity (Wildman–Crippen MR) is 83.1 cm³/mol. The third-order valence-corrected chi connectivity index (χ3v) is 3.29. The van der Waals surface area contributed by atoms with Gasteiger partial charge in [-0.2, -0.15) is 0 Å². The van der Waals surface area contributed by atoms with Crippen molar-refractivity contribution in [1.29, 1.82) is 0 Å². The van der Waals surface area contributed by atoms with E-state index in [9.17, 15) is 13.6 Å². The third-order valence-electron chi connectivity index (χ3n) is 3.29. The molecule has 1 atom stereocenters. The monoisotopic (exact) mass is 301 g/mol. The van der Waals surface area contributed by atoms with Gasteiger partial charge < -0.3 is 5.32 Å². The van der Waals surface area contributed by atoms with Crippen molar-refractivity contribution >= 4 is 12.0 Å². The molecule has 0 saturated heterocycles. The van der Waals surface area contributed by atoms with Gasteiger partial charge in [-0.1, -0.05) is 35.9 Å². The summed E-state index contributed by atoms with van der Waals surface area (Å²) in [4.78, 5) is 11.9. The number of rotatable bonds is 4. The average molecular weight is 301 g/mol. The Labute approximate surface area is 128 Å². The minimum Gasteiger partial charge on any atom is -0.346 e. The maximum Gasteiger partial charge on any atom is 0.244 e. The second kappa shape index (κ2) is 6.98. The van der Waals surface area contributed by atoms with E-state index >= 15 is 0 Å². The zero-order valence-electron chi connectivity index (χ0n) is 12.4. The van der Waals surface area contributed by atoms with Crippen LogP contribution in [0.5, 0.6) is 0 Å². The van der Waals surface area contributed by atoms with Crippen LogP contribution in [-0.2, 0) is 4.79 Å². The van der Waals surface area contributed by atoms with E-state index in [-0.39, 0.29) is 11.5 Å². The molecule has 0 radical (unpaired) electrons. The number of carbonyl (C=O) groups excluding carboxylic acids is 1. The fourth-order valence-corrected chi connectivity index (χ4v) is 2.04. The quantitative estimate of drug-likeness (QED) is 0.844. The first-order valence-electron chi connectivity index (χ1n) is 6.96. The second-order valence-corrected chi connectivity index (χ2v) is 5.14. The van der Waals surface area contributed by atoms with Gasteiger partial charge in [-0.15, -0.1) is 0 Å². The standard InChI is InChI=1S/C18H17F2NO/c1-12-3-5-14(6-4-12)7-10-18(22)21-13(2)16-9-8-15(19)11-17(16)20/h3-11,13H,1-2H3,(H,21,22)/b10-7+/t13-/m1/s1. The highest BCUT2D eigenvalue weighted by Crippen LogP contribution is 2.17. The lowest BCUT2D eigenvalue weighted by molar-refractivity contribution is -0.117. The predicted octanol–water partition coefficient (Wildman–Crippen LogP) is 4.16. The van der Waals surface area contributed by atoms with Crippen molar-refractivity contribution < 1.29 is 13.6 Å². The number of carbonyl (C=O) groups is 1. The summed E-state index contributed by atoms with van der Waals surface area (Å²) in [6.45, 7) is 3.63. The summed E-state index contributed by atoms with van der Waals surface area (Å²) >= 11 is 0. The van der Waals surface area contributed by atoms with Gasteiger partial charge in [-0.3, -0.25) is 4.79 Å². The van der Waals surface area contributed by atoms with Crippen molar-refractivity contribution in [1.82, 2.24) is 5.32 Å². The van der Waals surface area contributed by atoms with Gasteiger partial charge in [0.2, 0.25) is 5.91 Å². The van der Waals surface area contributed by atoms with Crippen LogP contribution in [0.3, 0.4) is 0 Å². The first-order valence-corrected chi connectivity index (χ1v) is 6.96. The maximum absolute atomic E-state index is 13.6. The van der Waals surface area contributed by atoms with Crippen molar-refractivity contribution in [2.24, 2.45) is 0 Å². The second-order valence-electron chi connectivity index (χ2n) is 5.14. The molecule has 0 saturated carbocycles. The Morgan fingerprint density at radius 2 is 1.82 bits per heavy atom. The van der Waals surface area contributed by atoms with Gasteiger partial charge in [0.1, 0.15) is 11.6 Å². The fraction of sp³-hybridized carbons (Fsp3) is 0.167. The molecular formula is C18H17F2NO. The van der Waals surface area contributed by atoms with Crippen molar-refractivity contribution in [3.63, 3.8) is 0 Å². The Bertz CT molecular complexity index is 693. The van der Waals surface area contributed by atoms with Crippen LogP contribution in [0.15, 0.2) is 48.5 Å². The smallest absolute Gasteiger partial charge is 0.244 e. The average Bonchev–Trinajstić information content (AvgIpc) is 2.46. The lowest BCUT2D eigenvalue weighted by Gasteiger charge is -2.13. The highest BCUT2D eigenvalue weighted by atomic mass is 19.1. The van der Waals surface area contributed by atoms with E-state index in [1.54, 1.807) is 13.0 Å². The summed E-state index contributed by atoms with van der Waals surface area (Å²) < 4.78 is 26.5. The molecular weight excluding hydrogens is 284 g/mol. The van der Waals surface area contributed by atoms with E-state index in [0.717, 1.165) is 17.2 Å². The molecule has 22 heavy (non-hydrogen) atoms. The van der Waals surface area contributed by atoms with Crippen molar-refractivity contribution in [2.75, 3.05) is 0 Å². The zero-order valence-corrected chi connectivity index (χ0v) is 12.4. The van der Waals surface area contributed by atoms with Gasteiger partial charge in [0.05, 0.1) is 6.04 Å². The molecule has 2 aromatic rings. The van der Waals surface area contributed by atoms with E-state index in [4.69, 9.17) is 0 Å². The van der Waals surface area contributed by atoms with E-state index in [2.05, 4.69) is 5.32 Å². The van der Waals surface area contributed by atoms with E-state index in [1.807, 2.05) is 31.2 Å². The molecule has 1 amide bonds. The first-order chi connectivity index (χ1) is 10.5. The van der Waals surface area contributed by atoms with Crippen LogP contribution < -0.4 is 5.32 Å². The highest BCUT2D eigenvalue weighted by Gasteiger charge is 2.12. The van der Waals surface area contributed by atoms with Crippen molar-refractivity contribution in [3.05, 3.63) is 76.9 Å². The maximum atomic E-state index is 13.6. The van der Waals surface area contributed by atoms with Gasteiger partial charge in [-0.05, 0) is 31.6 Å². The molecule has 0 unspecified atom stereocenters. The van der Waals surface area contributed by atoms with Crippen LogP contribution in [0.2, 0.25) is 0 Å². The van der Waals surface area contributed by atoms with Crippen LogP contribution in [-0.4, -0.2) is 5.91 Å². The third kappa shape index (κ3) is 4.25. The van der Waals surface area contributed by atoms with Crippen LogP contribution >= 0.6 is 0 Å². The fourth-order valence-electron chi connectivity index (χ4n) is 2.04. The summed E-state index contributed by atoms with van der Waals surface area (Å²) in [5.41, 5.74) is 2.29. The van der Waals surface area contributed by atoms with Gasteiger partial charge >= 0.3 is 0 Å². The summed E-state index contributed by atoms with van der Waals surface area (Å²) in [6.07, 6.45) is 3.07. The molecule has 0 fully saturated rings. The highest BCUT2D eigenvalue weighted by molar-refractivity contribution is 5.91. The summed E-state index contributed by atoms with van der Waals surface area (Å²) in [6, 6.07) is 10.5. The Morgan fingerprint density at radius 1 is 1.14 bits per heavy atom. The van der Waals surface area contributed by atoms with Gasteiger partial charge in [0, 0.05) is 17.7 Å². The molecule has 2 nitrogen and oxygen atoms in total. The molecule has 0 aliphatic rings. The van der Waals surface area contributed by atoms with E-state index in [1.165, 1.54) is 18.2 Å². The van der Waals surface area contributed by atoms with Gasteiger partial charge in [0.25, 0.3) is 0 Å². The molecule has 0 heterocycles. The van der Waals surface area contributed by atoms with Crippen molar-refractivity contribution in [2.45, 2.75) is 19.9 Å². The van der Waals surface area contributed by atoms with E-state index in [0.29, 0.717) is 0 Å². The Morgan fingerprint density at radius 3 is 2.45 bits per heavy atom. The minimum atomic E-state index is -0.671. The molecule has 1 N–H and O–H groups in total. The largest absolute Gasteiger partial charge is 0.346 e. The first kappa shape index (κ1) is 15.9. The number of halogens is 2. The van der Waals surface area contributed by atoms with Crippen LogP contribution in [0.25, 0.3) is 6.08 Å². The molecule has 4 heteroatoms. The molecule has 0 bridgehead atoms. The number of benzene rings is 2. The molecule has 0 spiro atoms. The lowest BCUT2D eigenvalue weighted by atomic mass is 10.1. The van der Waals surface area contributed by atoms with E-state index < -0.39 is 17.7 Å². The number of hydrogen-bond donors (Lipinski definition) is 1. The summed E-state index contributed by atoms with van der Waals surface area (Å²) in [5.74, 6) is -1.65. The Hall–Kier alpha value is -2.49. The van der Waals surface area contributed by atoms with Crippen LogP contribution in [0.4, 0.5) is 8.78 Å². The van der Waals surface area contributed by atoms with Gasteiger partial charge in [-0.25, -0.2) is 8.78 Å². The molecule has 114 valence electrons. The number of aryl methyl sites for hydroxylation is 1. The number of hydrogen-bond acceptors (Lipinski definition) is 1. The SMILES string of the molecule is Cc1ccc(/C=C/C(=O)N[C@H](C)c2ccc(F)cc2F)cc1. The van der Waals surface area contributed by atoms with Crippen LogP contribution in [0, 0.1) is 18.6 Å². The molecule has 2 aromatic carbocycles. The zero-order chi connectivity index (χ0) is 16.1. The summed E-state index contributed by atoms with van der Waals surface area (Å²) in [5, 5.41) is 2.65. The summed E-state index contributed by atoms with van der Waals surface area (Å²) in [7, 11) is 0. The topological polar surface area (TPSA) is 29.1 Å². The van der Waals surface area contributed by atoms with Crippen LogP contribution in [0.1, 0.15) is 29.7 Å². The number of nitrogens with one attached hydrogen (secondary N) is 1. The van der Waals surface area contributed by atoms with Crippen molar-refractivity contribution in [3.8, 4) is 0 Å². The Kier molecular flexibility index (Phi) is 5.04.